The molecule has 2 aromatic rings. The van der Waals surface area contributed by atoms with E-state index in [1.807, 2.05) is 12.3 Å². The van der Waals surface area contributed by atoms with Crippen LogP contribution in [0, 0.1) is 0 Å². The molecule has 0 saturated heterocycles. The first kappa shape index (κ1) is 17.4. The van der Waals surface area contributed by atoms with Gasteiger partial charge in [0.25, 0.3) is 5.91 Å². The summed E-state index contributed by atoms with van der Waals surface area (Å²) < 4.78 is 28.4. The first-order valence-electron chi connectivity index (χ1n) is 6.68. The van der Waals surface area contributed by atoms with E-state index in [9.17, 15) is 13.2 Å². The summed E-state index contributed by atoms with van der Waals surface area (Å²) in [4.78, 5) is 13.5. The number of thioether (sulfide) groups is 1. The normalized spacial score (nSPS) is 11.1. The third-order valence-corrected chi connectivity index (χ3v) is 5.01. The summed E-state index contributed by atoms with van der Waals surface area (Å²) in [6.45, 7) is 0. The van der Waals surface area contributed by atoms with Crippen LogP contribution in [-0.2, 0) is 9.84 Å². The van der Waals surface area contributed by atoms with Gasteiger partial charge in [0.1, 0.15) is 5.75 Å². The van der Waals surface area contributed by atoms with Gasteiger partial charge in [0.05, 0.1) is 17.6 Å². The van der Waals surface area contributed by atoms with Crippen molar-refractivity contribution in [3.8, 4) is 5.75 Å². The molecule has 2 aromatic carbocycles. The maximum atomic E-state index is 12.4. The van der Waals surface area contributed by atoms with E-state index in [0.29, 0.717) is 17.0 Å². The second-order valence-electron chi connectivity index (χ2n) is 4.82. The first-order chi connectivity index (χ1) is 10.8. The van der Waals surface area contributed by atoms with Crippen molar-refractivity contribution in [2.24, 2.45) is 0 Å². The standard InChI is InChI=1S/C16H17NO4S2/c1-21-15-10-12(22-2)7-8-14(15)16(18)17-11-5-4-6-13(9-11)23(3,19)20/h4-10H,1-3H3,(H,17,18). The highest BCUT2D eigenvalue weighted by Gasteiger charge is 2.14. The molecule has 0 aliphatic rings. The topological polar surface area (TPSA) is 72.5 Å². The Morgan fingerprint density at radius 2 is 1.91 bits per heavy atom. The van der Waals surface area contributed by atoms with E-state index in [-0.39, 0.29) is 10.8 Å². The molecule has 1 amide bonds. The van der Waals surface area contributed by atoms with Crippen LogP contribution in [0.4, 0.5) is 5.69 Å². The van der Waals surface area contributed by atoms with Gasteiger partial charge in [-0.15, -0.1) is 11.8 Å². The Labute approximate surface area is 140 Å². The molecule has 1 N–H and O–H groups in total. The van der Waals surface area contributed by atoms with E-state index in [4.69, 9.17) is 4.74 Å². The number of ether oxygens (including phenoxy) is 1. The molecule has 23 heavy (non-hydrogen) atoms. The minimum atomic E-state index is -3.33. The molecule has 0 aliphatic heterocycles. The fourth-order valence-corrected chi connectivity index (χ4v) is 3.08. The monoisotopic (exact) mass is 351 g/mol. The fraction of sp³-hybridized carbons (Fsp3) is 0.188. The molecule has 0 heterocycles. The smallest absolute Gasteiger partial charge is 0.259 e. The second kappa shape index (κ2) is 7.06. The number of hydrogen-bond donors (Lipinski definition) is 1. The number of amides is 1. The minimum Gasteiger partial charge on any atom is -0.496 e. The fourth-order valence-electron chi connectivity index (χ4n) is 1.99. The third-order valence-electron chi connectivity index (χ3n) is 3.17. The molecule has 5 nitrogen and oxygen atoms in total. The van der Waals surface area contributed by atoms with Gasteiger partial charge in [0, 0.05) is 16.8 Å². The largest absolute Gasteiger partial charge is 0.496 e. The lowest BCUT2D eigenvalue weighted by Gasteiger charge is -2.11. The Kier molecular flexibility index (Phi) is 5.33. The molecule has 0 aliphatic carbocycles. The Morgan fingerprint density at radius 3 is 2.52 bits per heavy atom. The SMILES string of the molecule is COc1cc(SC)ccc1C(=O)Nc1cccc(S(C)(=O)=O)c1. The van der Waals surface area contributed by atoms with Crippen molar-refractivity contribution < 1.29 is 17.9 Å². The quantitative estimate of drug-likeness (QED) is 0.838. The van der Waals surface area contributed by atoms with Gasteiger partial charge >= 0.3 is 0 Å². The summed E-state index contributed by atoms with van der Waals surface area (Å²) >= 11 is 1.55. The average molecular weight is 351 g/mol. The van der Waals surface area contributed by atoms with E-state index >= 15 is 0 Å². The summed E-state index contributed by atoms with van der Waals surface area (Å²) in [6, 6.07) is 11.4. The highest BCUT2D eigenvalue weighted by molar-refractivity contribution is 7.98. The predicted octanol–water partition coefficient (Wildman–Crippen LogP) is 3.07. The Bertz CT molecular complexity index is 832. The van der Waals surface area contributed by atoms with Crippen LogP contribution < -0.4 is 10.1 Å². The summed E-state index contributed by atoms with van der Waals surface area (Å²) in [6.07, 6.45) is 3.06. The van der Waals surface area contributed by atoms with Gasteiger partial charge in [-0.3, -0.25) is 4.79 Å². The molecular weight excluding hydrogens is 334 g/mol. The van der Waals surface area contributed by atoms with Crippen LogP contribution in [0.5, 0.6) is 5.75 Å². The molecule has 0 aromatic heterocycles. The number of sulfone groups is 1. The zero-order valence-electron chi connectivity index (χ0n) is 13.0. The number of rotatable bonds is 5. The summed E-state index contributed by atoms with van der Waals surface area (Å²) in [7, 11) is -1.83. The Morgan fingerprint density at radius 1 is 1.17 bits per heavy atom. The van der Waals surface area contributed by atoms with Gasteiger partial charge in [0.15, 0.2) is 9.84 Å². The van der Waals surface area contributed by atoms with Crippen molar-refractivity contribution >= 4 is 33.2 Å². The highest BCUT2D eigenvalue weighted by atomic mass is 32.2. The molecule has 0 bridgehead atoms. The molecule has 2 rings (SSSR count). The number of nitrogens with one attached hydrogen (secondary N) is 1. The van der Waals surface area contributed by atoms with Crippen LogP contribution >= 0.6 is 11.8 Å². The van der Waals surface area contributed by atoms with Crippen molar-refractivity contribution in [3.05, 3.63) is 48.0 Å². The highest BCUT2D eigenvalue weighted by Crippen LogP contribution is 2.26. The summed E-state index contributed by atoms with van der Waals surface area (Å²) in [5.74, 6) is 0.105. The molecule has 0 saturated carbocycles. The number of carbonyl (C=O) groups excluding carboxylic acids is 1. The number of anilines is 1. The van der Waals surface area contributed by atoms with E-state index in [2.05, 4.69) is 5.32 Å². The molecular formula is C16H17NO4S2. The van der Waals surface area contributed by atoms with Gasteiger partial charge in [-0.05, 0) is 42.7 Å². The van der Waals surface area contributed by atoms with Crippen LogP contribution in [0.2, 0.25) is 0 Å². The van der Waals surface area contributed by atoms with Gasteiger partial charge < -0.3 is 10.1 Å². The zero-order valence-corrected chi connectivity index (χ0v) is 14.6. The maximum Gasteiger partial charge on any atom is 0.259 e. The zero-order chi connectivity index (χ0) is 17.0. The molecule has 0 atom stereocenters. The summed E-state index contributed by atoms with van der Waals surface area (Å²) in [5.41, 5.74) is 0.795. The van der Waals surface area contributed by atoms with E-state index in [1.165, 1.54) is 19.2 Å². The molecule has 0 fully saturated rings. The van der Waals surface area contributed by atoms with Crippen molar-refractivity contribution in [1.82, 2.24) is 0 Å². The molecule has 0 spiro atoms. The lowest BCUT2D eigenvalue weighted by molar-refractivity contribution is 0.102. The van der Waals surface area contributed by atoms with E-state index < -0.39 is 9.84 Å². The number of carbonyl (C=O) groups is 1. The van der Waals surface area contributed by atoms with Crippen molar-refractivity contribution in [2.75, 3.05) is 24.9 Å². The average Bonchev–Trinajstić information content (AvgIpc) is 2.53. The van der Waals surface area contributed by atoms with Crippen molar-refractivity contribution in [1.29, 1.82) is 0 Å². The van der Waals surface area contributed by atoms with Gasteiger partial charge in [-0.25, -0.2) is 8.42 Å². The lowest BCUT2D eigenvalue weighted by Crippen LogP contribution is -2.13. The third kappa shape index (κ3) is 4.27. The maximum absolute atomic E-state index is 12.4. The molecule has 0 unspecified atom stereocenters. The minimum absolute atomic E-state index is 0.153. The van der Waals surface area contributed by atoms with Gasteiger partial charge in [0.2, 0.25) is 0 Å². The summed E-state index contributed by atoms with van der Waals surface area (Å²) in [5, 5.41) is 2.69. The Balaban J connectivity index is 2.29. The van der Waals surface area contributed by atoms with E-state index in [0.717, 1.165) is 11.2 Å². The number of methoxy groups -OCH3 is 1. The van der Waals surface area contributed by atoms with Gasteiger partial charge in [-0.2, -0.15) is 0 Å². The Hall–Kier alpha value is -1.99. The molecule has 7 heteroatoms. The first-order valence-corrected chi connectivity index (χ1v) is 9.80. The lowest BCUT2D eigenvalue weighted by atomic mass is 10.2. The van der Waals surface area contributed by atoms with Crippen LogP contribution in [0.15, 0.2) is 52.3 Å². The number of hydrogen-bond acceptors (Lipinski definition) is 5. The van der Waals surface area contributed by atoms with E-state index in [1.54, 1.807) is 36.0 Å². The van der Waals surface area contributed by atoms with Crippen LogP contribution in [0.1, 0.15) is 10.4 Å². The molecule has 0 radical (unpaired) electrons. The van der Waals surface area contributed by atoms with Crippen molar-refractivity contribution in [3.63, 3.8) is 0 Å². The van der Waals surface area contributed by atoms with Crippen LogP contribution in [0.3, 0.4) is 0 Å². The van der Waals surface area contributed by atoms with Gasteiger partial charge in [-0.1, -0.05) is 6.07 Å². The van der Waals surface area contributed by atoms with Crippen LogP contribution in [-0.4, -0.2) is 33.9 Å². The molecule has 122 valence electrons. The number of benzene rings is 2. The van der Waals surface area contributed by atoms with Crippen molar-refractivity contribution in [2.45, 2.75) is 9.79 Å². The van der Waals surface area contributed by atoms with Crippen LogP contribution in [0.25, 0.3) is 0 Å². The predicted molar refractivity (Wildman–Crippen MR) is 92.3 cm³/mol. The second-order valence-corrected chi connectivity index (χ2v) is 7.72.